The number of rotatable bonds is 8. The molecule has 1 aliphatic heterocycles. The number of benzene rings is 3. The van der Waals surface area contributed by atoms with Gasteiger partial charge in [-0.25, -0.2) is 4.79 Å². The van der Waals surface area contributed by atoms with Crippen LogP contribution in [0, 0.1) is 0 Å². The van der Waals surface area contributed by atoms with Crippen molar-refractivity contribution in [3.8, 4) is 23.0 Å². The van der Waals surface area contributed by atoms with E-state index in [2.05, 4.69) is 10.3 Å². The van der Waals surface area contributed by atoms with Gasteiger partial charge in [-0.3, -0.25) is 4.79 Å². The van der Waals surface area contributed by atoms with Gasteiger partial charge in [-0.1, -0.05) is 24.3 Å². The van der Waals surface area contributed by atoms with Crippen molar-refractivity contribution in [1.29, 1.82) is 0 Å². The first-order valence-corrected chi connectivity index (χ1v) is 12.3. The molecule has 4 aromatic rings. The van der Waals surface area contributed by atoms with Crippen LogP contribution in [-0.2, 0) is 13.0 Å². The topological polar surface area (TPSA) is 102 Å². The van der Waals surface area contributed by atoms with Crippen molar-refractivity contribution >= 4 is 22.6 Å². The first-order chi connectivity index (χ1) is 18.5. The van der Waals surface area contributed by atoms with Crippen LogP contribution >= 0.6 is 0 Å². The fraction of sp³-hybridized carbons (Fsp3) is 0.241. The number of anilines is 1. The van der Waals surface area contributed by atoms with Gasteiger partial charge in [0.25, 0.3) is 5.56 Å². The van der Waals surface area contributed by atoms with Crippen LogP contribution in [0.15, 0.2) is 71.5 Å². The number of aromatic amines is 1. The van der Waals surface area contributed by atoms with E-state index >= 15 is 0 Å². The molecule has 0 radical (unpaired) electrons. The van der Waals surface area contributed by atoms with Gasteiger partial charge in [0.15, 0.2) is 23.0 Å². The minimum atomic E-state index is -0.307. The Morgan fingerprint density at radius 3 is 2.42 bits per heavy atom. The molecule has 5 rings (SSSR count). The zero-order chi connectivity index (χ0) is 26.5. The van der Waals surface area contributed by atoms with Gasteiger partial charge in [0, 0.05) is 29.2 Å². The van der Waals surface area contributed by atoms with Crippen LogP contribution in [0.4, 0.5) is 10.5 Å². The average Bonchev–Trinajstić information content (AvgIpc) is 2.94. The molecule has 0 atom stereocenters. The molecule has 9 nitrogen and oxygen atoms in total. The van der Waals surface area contributed by atoms with E-state index in [1.54, 1.807) is 31.3 Å². The first kappa shape index (κ1) is 25.0. The predicted molar refractivity (Wildman–Crippen MR) is 145 cm³/mol. The third kappa shape index (κ3) is 5.51. The van der Waals surface area contributed by atoms with Crippen LogP contribution in [0.5, 0.6) is 23.0 Å². The number of urea groups is 1. The third-order valence-electron chi connectivity index (χ3n) is 6.38. The van der Waals surface area contributed by atoms with Crippen molar-refractivity contribution in [3.05, 3.63) is 88.2 Å². The van der Waals surface area contributed by atoms with Crippen molar-refractivity contribution < 1.29 is 23.7 Å². The van der Waals surface area contributed by atoms with E-state index in [1.165, 1.54) is 0 Å². The van der Waals surface area contributed by atoms with Crippen molar-refractivity contribution in [2.45, 2.75) is 13.0 Å². The van der Waals surface area contributed by atoms with E-state index in [4.69, 9.17) is 18.9 Å². The molecule has 0 bridgehead atoms. The van der Waals surface area contributed by atoms with Gasteiger partial charge in [-0.2, -0.15) is 0 Å². The Labute approximate surface area is 219 Å². The molecule has 0 saturated carbocycles. The van der Waals surface area contributed by atoms with Crippen LogP contribution in [-0.4, -0.2) is 49.9 Å². The average molecular weight is 516 g/mol. The highest BCUT2D eigenvalue weighted by Crippen LogP contribution is 2.34. The van der Waals surface area contributed by atoms with E-state index in [-0.39, 0.29) is 18.1 Å². The van der Waals surface area contributed by atoms with Crippen LogP contribution < -0.4 is 29.8 Å². The largest absolute Gasteiger partial charge is 0.493 e. The third-order valence-corrected chi connectivity index (χ3v) is 6.38. The fourth-order valence-corrected chi connectivity index (χ4v) is 4.39. The van der Waals surface area contributed by atoms with Crippen molar-refractivity contribution in [2.24, 2.45) is 0 Å². The smallest absolute Gasteiger partial charge is 0.322 e. The number of amides is 2. The number of para-hydroxylation sites is 1. The predicted octanol–water partition coefficient (Wildman–Crippen LogP) is 4.59. The van der Waals surface area contributed by atoms with Gasteiger partial charge in [-0.05, 0) is 48.4 Å². The maximum atomic E-state index is 13.3. The minimum absolute atomic E-state index is 0.117. The van der Waals surface area contributed by atoms with E-state index in [9.17, 15) is 9.59 Å². The molecule has 3 aromatic carbocycles. The van der Waals surface area contributed by atoms with Gasteiger partial charge >= 0.3 is 6.03 Å². The Balaban J connectivity index is 1.42. The number of carbonyl (C=O) groups excluding carboxylic acids is 1. The summed E-state index contributed by atoms with van der Waals surface area (Å²) in [6.45, 7) is 1.42. The second-order valence-corrected chi connectivity index (χ2v) is 8.86. The zero-order valence-electron chi connectivity index (χ0n) is 21.3. The molecule has 9 heteroatoms. The lowest BCUT2D eigenvalue weighted by atomic mass is 10.1. The summed E-state index contributed by atoms with van der Waals surface area (Å²) >= 11 is 0. The van der Waals surface area contributed by atoms with Gasteiger partial charge in [-0.15, -0.1) is 0 Å². The molecule has 0 fully saturated rings. The van der Waals surface area contributed by atoms with Crippen LogP contribution in [0.1, 0.15) is 11.1 Å². The maximum absolute atomic E-state index is 13.3. The molecule has 2 N–H and O–H groups in total. The molecule has 2 amide bonds. The lowest BCUT2D eigenvalue weighted by Crippen LogP contribution is -2.37. The van der Waals surface area contributed by atoms with Crippen molar-refractivity contribution in [3.63, 3.8) is 0 Å². The van der Waals surface area contributed by atoms with Crippen molar-refractivity contribution in [1.82, 2.24) is 9.88 Å². The number of nitrogens with one attached hydrogen (secondary N) is 2. The number of H-pyrrole nitrogens is 1. The summed E-state index contributed by atoms with van der Waals surface area (Å²) in [5.41, 5.74) is 2.48. The number of ether oxygens (including phenoxy) is 4. The SMILES string of the molecule is COc1ccc(CCN(Cc2cc3cc4c(cc3[nH]c2=O)OCCO4)C(=O)Nc2ccccc2)cc1OC. The molecular weight excluding hydrogens is 486 g/mol. The first-order valence-electron chi connectivity index (χ1n) is 12.3. The van der Waals surface area contributed by atoms with Gasteiger partial charge < -0.3 is 34.1 Å². The number of hydrogen-bond donors (Lipinski definition) is 2. The number of fused-ring (bicyclic) bond motifs is 2. The highest BCUT2D eigenvalue weighted by atomic mass is 16.6. The van der Waals surface area contributed by atoms with E-state index in [0.29, 0.717) is 65.9 Å². The van der Waals surface area contributed by atoms with E-state index in [0.717, 1.165) is 10.9 Å². The highest BCUT2D eigenvalue weighted by Gasteiger charge is 2.19. The highest BCUT2D eigenvalue weighted by molar-refractivity contribution is 5.89. The summed E-state index contributed by atoms with van der Waals surface area (Å²) in [5, 5.41) is 3.73. The van der Waals surface area contributed by atoms with Crippen LogP contribution in [0.2, 0.25) is 0 Å². The Bertz CT molecular complexity index is 1500. The number of hydrogen-bond acceptors (Lipinski definition) is 6. The number of nitrogens with zero attached hydrogens (tertiary/aromatic N) is 1. The summed E-state index contributed by atoms with van der Waals surface area (Å²) < 4.78 is 22.1. The number of methoxy groups -OCH3 is 2. The Kier molecular flexibility index (Phi) is 7.35. The Morgan fingerprint density at radius 2 is 1.68 bits per heavy atom. The van der Waals surface area contributed by atoms with E-state index < -0.39 is 0 Å². The summed E-state index contributed by atoms with van der Waals surface area (Å²) in [7, 11) is 3.17. The standard InChI is InChI=1S/C29H29N3O6/c1-35-24-9-8-19(14-25(24)36-2)10-11-32(29(34)30-22-6-4-3-5-7-22)18-21-15-20-16-26-27(38-13-12-37-26)17-23(20)31-28(21)33/h3-9,14-17H,10-13,18H2,1-2H3,(H,30,34)(H,31,33). The molecule has 0 aliphatic carbocycles. The quantitative estimate of drug-likeness (QED) is 0.356. The summed E-state index contributed by atoms with van der Waals surface area (Å²) in [5.74, 6) is 2.49. The minimum Gasteiger partial charge on any atom is -0.493 e. The van der Waals surface area contributed by atoms with Gasteiger partial charge in [0.2, 0.25) is 0 Å². The number of pyridine rings is 1. The lowest BCUT2D eigenvalue weighted by Gasteiger charge is -2.24. The van der Waals surface area contributed by atoms with Crippen LogP contribution in [0.25, 0.3) is 10.9 Å². The molecule has 196 valence electrons. The van der Waals surface area contributed by atoms with Crippen LogP contribution in [0.3, 0.4) is 0 Å². The zero-order valence-corrected chi connectivity index (χ0v) is 21.3. The molecule has 1 aromatic heterocycles. The molecule has 38 heavy (non-hydrogen) atoms. The molecule has 0 spiro atoms. The summed E-state index contributed by atoms with van der Waals surface area (Å²) in [6.07, 6.45) is 0.548. The molecular formula is C29H29N3O6. The monoisotopic (exact) mass is 515 g/mol. The molecule has 0 unspecified atom stereocenters. The van der Waals surface area contributed by atoms with Gasteiger partial charge in [0.1, 0.15) is 13.2 Å². The fourth-order valence-electron chi connectivity index (χ4n) is 4.39. The normalized spacial score (nSPS) is 12.2. The molecule has 0 saturated heterocycles. The second kappa shape index (κ2) is 11.2. The second-order valence-electron chi connectivity index (χ2n) is 8.86. The maximum Gasteiger partial charge on any atom is 0.322 e. The number of aromatic nitrogens is 1. The van der Waals surface area contributed by atoms with Crippen molar-refractivity contribution in [2.75, 3.05) is 39.3 Å². The Morgan fingerprint density at radius 1 is 0.947 bits per heavy atom. The summed E-state index contributed by atoms with van der Waals surface area (Å²) in [6, 6.07) is 20.0. The summed E-state index contributed by atoms with van der Waals surface area (Å²) in [4.78, 5) is 30.9. The van der Waals surface area contributed by atoms with Gasteiger partial charge in [0.05, 0.1) is 26.3 Å². The molecule has 1 aliphatic rings. The lowest BCUT2D eigenvalue weighted by molar-refractivity contribution is 0.172. The Hall–Kier alpha value is -4.66. The molecule has 2 heterocycles. The van der Waals surface area contributed by atoms with E-state index in [1.807, 2.05) is 54.6 Å². The number of carbonyl (C=O) groups is 1.